The van der Waals surface area contributed by atoms with Crippen LogP contribution in [0.25, 0.3) is 27.5 Å². The van der Waals surface area contributed by atoms with E-state index < -0.39 is 0 Å². The van der Waals surface area contributed by atoms with Gasteiger partial charge in [-0.1, -0.05) is 23.2 Å². The van der Waals surface area contributed by atoms with Crippen molar-refractivity contribution < 1.29 is 9.30 Å². The Balaban J connectivity index is 1.34. The second kappa shape index (κ2) is 6.44. The highest BCUT2D eigenvalue weighted by Crippen LogP contribution is 2.41. The standard InChI is InChI=1S/C25H25N5O/c26-24-21-9-22(16-4-5-16)28-25(21)27-14-30(24)23-3-1-2-15-6-7-19(8-20(15)23)29-10-17-12-31-13-18(17)11-29/h1-3,6-9,14,16-18H,4-5,10-13H2,(H2,26,28)/p+1/t17-,18+. The highest BCUT2D eigenvalue weighted by atomic mass is 16.5. The van der Waals surface area contributed by atoms with E-state index in [-0.39, 0.29) is 0 Å². The van der Waals surface area contributed by atoms with Gasteiger partial charge in [0.1, 0.15) is 11.1 Å². The van der Waals surface area contributed by atoms with E-state index in [1.165, 1.54) is 35.0 Å². The Hall–Kier alpha value is -3.12. The van der Waals surface area contributed by atoms with E-state index in [1.807, 2.05) is 10.9 Å². The van der Waals surface area contributed by atoms with Gasteiger partial charge in [-0.25, -0.2) is 4.57 Å². The molecular weight excluding hydrogens is 386 g/mol. The zero-order valence-corrected chi connectivity index (χ0v) is 17.4. The highest BCUT2D eigenvalue weighted by Gasteiger charge is 2.37. The minimum Gasteiger partial charge on any atom is -0.381 e. The SMILES string of the molecule is Nc1c2cc(C3CC3)[nH]c2nc[n+]1-c1cccc2ccc(N3C[C@H]4COC[C@H]4C3)cc12. The number of hydrogen-bond donors (Lipinski definition) is 2. The third-order valence-corrected chi connectivity index (χ3v) is 7.38. The zero-order valence-electron chi connectivity index (χ0n) is 17.4. The first-order valence-corrected chi connectivity index (χ1v) is 11.3. The number of nitrogens with zero attached hydrogens (tertiary/aromatic N) is 3. The van der Waals surface area contributed by atoms with Gasteiger partial charge in [-0.05, 0) is 48.4 Å². The van der Waals surface area contributed by atoms with Gasteiger partial charge in [-0.15, -0.1) is 0 Å². The van der Waals surface area contributed by atoms with Gasteiger partial charge in [-0.2, -0.15) is 0 Å². The van der Waals surface area contributed by atoms with Gasteiger partial charge in [0, 0.05) is 41.7 Å². The summed E-state index contributed by atoms with van der Waals surface area (Å²) in [5.41, 5.74) is 11.2. The number of aromatic nitrogens is 3. The van der Waals surface area contributed by atoms with Gasteiger partial charge < -0.3 is 20.4 Å². The van der Waals surface area contributed by atoms with Crippen molar-refractivity contribution in [3.8, 4) is 5.69 Å². The van der Waals surface area contributed by atoms with Crippen molar-refractivity contribution in [2.24, 2.45) is 11.8 Å². The highest BCUT2D eigenvalue weighted by molar-refractivity contribution is 5.92. The maximum Gasteiger partial charge on any atom is 0.236 e. The van der Waals surface area contributed by atoms with E-state index in [2.05, 4.69) is 52.3 Å². The molecule has 156 valence electrons. The van der Waals surface area contributed by atoms with E-state index >= 15 is 0 Å². The molecule has 6 nitrogen and oxygen atoms in total. The van der Waals surface area contributed by atoms with Crippen LogP contribution in [0.2, 0.25) is 0 Å². The number of ether oxygens (including phenoxy) is 1. The Morgan fingerprint density at radius 3 is 2.68 bits per heavy atom. The molecule has 1 aliphatic carbocycles. The van der Waals surface area contributed by atoms with Gasteiger partial charge in [0.05, 0.1) is 13.2 Å². The number of anilines is 2. The Morgan fingerprint density at radius 1 is 1.03 bits per heavy atom. The number of benzene rings is 2. The van der Waals surface area contributed by atoms with Gasteiger partial charge in [0.2, 0.25) is 17.8 Å². The van der Waals surface area contributed by atoms with Crippen LogP contribution in [0.1, 0.15) is 24.5 Å². The van der Waals surface area contributed by atoms with Crippen LogP contribution in [0, 0.1) is 11.8 Å². The summed E-state index contributed by atoms with van der Waals surface area (Å²) in [5, 5.41) is 3.41. The molecular formula is C25H26N5O+. The van der Waals surface area contributed by atoms with Crippen LogP contribution in [0.5, 0.6) is 0 Å². The molecule has 0 unspecified atom stereocenters. The lowest BCUT2D eigenvalue weighted by Crippen LogP contribution is -2.35. The maximum atomic E-state index is 6.68. The number of H-pyrrole nitrogens is 1. The van der Waals surface area contributed by atoms with E-state index in [9.17, 15) is 0 Å². The quantitative estimate of drug-likeness (QED) is 0.505. The topological polar surface area (TPSA) is 71.1 Å². The van der Waals surface area contributed by atoms with Gasteiger partial charge in [-0.3, -0.25) is 0 Å². The number of nitrogen functional groups attached to an aromatic ring is 1. The Bertz CT molecular complexity index is 1310. The number of fused-ring (bicyclic) bond motifs is 3. The molecule has 4 heterocycles. The number of nitrogens with two attached hydrogens (primary N) is 1. The molecule has 3 N–H and O–H groups in total. The average Bonchev–Trinajstić information content (AvgIpc) is 3.19. The van der Waals surface area contributed by atoms with Gasteiger partial charge in [0.25, 0.3) is 0 Å². The van der Waals surface area contributed by atoms with E-state index in [1.54, 1.807) is 0 Å². The molecule has 6 heteroatoms. The molecule has 2 aromatic carbocycles. The number of hydrogen-bond acceptors (Lipinski definition) is 4. The van der Waals surface area contributed by atoms with Crippen LogP contribution in [0.4, 0.5) is 11.5 Å². The molecule has 3 fully saturated rings. The van der Waals surface area contributed by atoms with Crippen molar-refractivity contribution in [1.29, 1.82) is 0 Å². The van der Waals surface area contributed by atoms with Crippen LogP contribution >= 0.6 is 0 Å². The summed E-state index contributed by atoms with van der Waals surface area (Å²) in [6.07, 6.45) is 4.36. The fraction of sp³-hybridized carbons (Fsp3) is 0.360. The largest absolute Gasteiger partial charge is 0.381 e. The first kappa shape index (κ1) is 17.5. The molecule has 7 rings (SSSR count). The van der Waals surface area contributed by atoms with Crippen LogP contribution in [0.15, 0.2) is 48.8 Å². The number of aromatic amines is 1. The summed E-state index contributed by atoms with van der Waals surface area (Å²) in [6, 6.07) is 15.4. The summed E-state index contributed by atoms with van der Waals surface area (Å²) in [6.45, 7) is 3.96. The van der Waals surface area contributed by atoms with Crippen LogP contribution in [-0.2, 0) is 4.74 Å². The summed E-state index contributed by atoms with van der Waals surface area (Å²) < 4.78 is 7.69. The third kappa shape index (κ3) is 2.74. The van der Waals surface area contributed by atoms with E-state index in [0.29, 0.717) is 17.8 Å². The summed E-state index contributed by atoms with van der Waals surface area (Å²) in [5.74, 6) is 2.71. The van der Waals surface area contributed by atoms with Crippen molar-refractivity contribution in [2.75, 3.05) is 36.9 Å². The fourth-order valence-electron chi connectivity index (χ4n) is 5.42. The predicted molar refractivity (Wildman–Crippen MR) is 122 cm³/mol. The van der Waals surface area contributed by atoms with Gasteiger partial charge in [0.15, 0.2) is 0 Å². The second-order valence-electron chi connectivity index (χ2n) is 9.41. The lowest BCUT2D eigenvalue weighted by atomic mass is 10.0. The predicted octanol–water partition coefficient (Wildman–Crippen LogP) is 3.54. The lowest BCUT2D eigenvalue weighted by molar-refractivity contribution is -0.580. The first-order chi connectivity index (χ1) is 15.2. The molecule has 2 aliphatic heterocycles. The molecule has 3 aliphatic rings. The summed E-state index contributed by atoms with van der Waals surface area (Å²) in [7, 11) is 0. The maximum absolute atomic E-state index is 6.68. The van der Waals surface area contributed by atoms with Crippen molar-refractivity contribution in [3.63, 3.8) is 0 Å². The van der Waals surface area contributed by atoms with Crippen molar-refractivity contribution >= 4 is 33.3 Å². The van der Waals surface area contributed by atoms with Crippen LogP contribution in [0.3, 0.4) is 0 Å². The number of nitrogens with one attached hydrogen (secondary N) is 1. The molecule has 2 saturated heterocycles. The lowest BCUT2D eigenvalue weighted by Gasteiger charge is -2.20. The Kier molecular flexibility index (Phi) is 3.64. The molecule has 0 bridgehead atoms. The smallest absolute Gasteiger partial charge is 0.236 e. The Morgan fingerprint density at radius 2 is 1.87 bits per heavy atom. The normalized spacial score (nSPS) is 23.2. The van der Waals surface area contributed by atoms with E-state index in [4.69, 9.17) is 15.5 Å². The molecule has 1 saturated carbocycles. The molecule has 4 aromatic rings. The van der Waals surface area contributed by atoms with Crippen LogP contribution in [-0.4, -0.2) is 36.3 Å². The number of rotatable bonds is 3. The Labute approximate surface area is 180 Å². The minimum absolute atomic E-state index is 0.646. The average molecular weight is 413 g/mol. The summed E-state index contributed by atoms with van der Waals surface area (Å²) >= 11 is 0. The molecule has 0 amide bonds. The minimum atomic E-state index is 0.646. The monoisotopic (exact) mass is 412 g/mol. The molecule has 31 heavy (non-hydrogen) atoms. The van der Waals surface area contributed by atoms with Crippen LogP contribution < -0.4 is 15.2 Å². The van der Waals surface area contributed by atoms with Crippen molar-refractivity contribution in [1.82, 2.24) is 9.97 Å². The zero-order chi connectivity index (χ0) is 20.5. The fourth-order valence-corrected chi connectivity index (χ4v) is 5.42. The second-order valence-corrected chi connectivity index (χ2v) is 9.41. The molecule has 2 atom stereocenters. The molecule has 0 spiro atoms. The first-order valence-electron chi connectivity index (χ1n) is 11.3. The van der Waals surface area contributed by atoms with Crippen molar-refractivity contribution in [2.45, 2.75) is 18.8 Å². The molecule has 2 aromatic heterocycles. The van der Waals surface area contributed by atoms with Gasteiger partial charge >= 0.3 is 0 Å². The van der Waals surface area contributed by atoms with E-state index in [0.717, 1.165) is 48.8 Å². The molecule has 0 radical (unpaired) electrons. The third-order valence-electron chi connectivity index (χ3n) is 7.38. The van der Waals surface area contributed by atoms with Crippen molar-refractivity contribution in [3.05, 3.63) is 54.5 Å². The summed E-state index contributed by atoms with van der Waals surface area (Å²) in [4.78, 5) is 10.7.